The molecule has 0 radical (unpaired) electrons. The Morgan fingerprint density at radius 1 is 1.26 bits per heavy atom. The largest absolute Gasteiger partial charge is 0.396 e. The van der Waals surface area contributed by atoms with E-state index in [2.05, 4.69) is 4.72 Å². The van der Waals surface area contributed by atoms with Gasteiger partial charge in [-0.1, -0.05) is 12.1 Å². The molecule has 6 heteroatoms. The SMILES string of the molecule is CCOCCCNS(=O)(=O)c1ccc(CCO)cc1. The van der Waals surface area contributed by atoms with E-state index in [1.165, 1.54) is 0 Å². The second kappa shape index (κ2) is 8.27. The second-order valence-corrected chi connectivity index (χ2v) is 5.83. The van der Waals surface area contributed by atoms with Gasteiger partial charge in [0.05, 0.1) is 4.90 Å². The van der Waals surface area contributed by atoms with Crippen molar-refractivity contribution in [2.45, 2.75) is 24.7 Å². The molecule has 0 bridgehead atoms. The number of rotatable bonds is 9. The zero-order chi connectivity index (χ0) is 14.1. The lowest BCUT2D eigenvalue weighted by Gasteiger charge is -2.07. The number of sulfonamides is 1. The minimum absolute atomic E-state index is 0.0573. The van der Waals surface area contributed by atoms with Crippen LogP contribution in [0.2, 0.25) is 0 Å². The normalized spacial score (nSPS) is 11.7. The van der Waals surface area contributed by atoms with Gasteiger partial charge in [0.25, 0.3) is 0 Å². The maximum absolute atomic E-state index is 11.9. The molecule has 0 aromatic heterocycles. The molecule has 0 saturated heterocycles. The Morgan fingerprint density at radius 2 is 1.95 bits per heavy atom. The van der Waals surface area contributed by atoms with Crippen LogP contribution in [-0.4, -0.2) is 39.9 Å². The molecule has 1 aromatic rings. The lowest BCUT2D eigenvalue weighted by atomic mass is 10.2. The molecular weight excluding hydrogens is 266 g/mol. The van der Waals surface area contributed by atoms with Crippen LogP contribution in [0.1, 0.15) is 18.9 Å². The summed E-state index contributed by atoms with van der Waals surface area (Å²) in [7, 11) is -3.45. The Morgan fingerprint density at radius 3 is 2.53 bits per heavy atom. The van der Waals surface area contributed by atoms with Crippen LogP contribution in [0, 0.1) is 0 Å². The first-order valence-electron chi connectivity index (χ1n) is 6.37. The van der Waals surface area contributed by atoms with Gasteiger partial charge in [-0.25, -0.2) is 13.1 Å². The van der Waals surface area contributed by atoms with Crippen molar-refractivity contribution in [1.82, 2.24) is 4.72 Å². The second-order valence-electron chi connectivity index (χ2n) is 4.07. The van der Waals surface area contributed by atoms with Gasteiger partial charge in [0.1, 0.15) is 0 Å². The van der Waals surface area contributed by atoms with Gasteiger partial charge in [-0.15, -0.1) is 0 Å². The Balaban J connectivity index is 2.52. The van der Waals surface area contributed by atoms with Crippen LogP contribution < -0.4 is 4.72 Å². The molecular formula is C13H21NO4S. The Bertz CT molecular complexity index is 456. The van der Waals surface area contributed by atoms with Gasteiger partial charge < -0.3 is 9.84 Å². The van der Waals surface area contributed by atoms with Gasteiger partial charge >= 0.3 is 0 Å². The predicted octanol–water partition coefficient (Wildman–Crippen LogP) is 0.926. The molecule has 0 aliphatic heterocycles. The zero-order valence-corrected chi connectivity index (χ0v) is 11.9. The number of benzene rings is 1. The molecule has 0 unspecified atom stereocenters. The van der Waals surface area contributed by atoms with E-state index in [9.17, 15) is 8.42 Å². The highest BCUT2D eigenvalue weighted by Crippen LogP contribution is 2.10. The van der Waals surface area contributed by atoms with Gasteiger partial charge in [-0.2, -0.15) is 0 Å². The maximum atomic E-state index is 11.9. The monoisotopic (exact) mass is 287 g/mol. The van der Waals surface area contributed by atoms with E-state index < -0.39 is 10.0 Å². The van der Waals surface area contributed by atoms with Crippen LogP contribution >= 0.6 is 0 Å². The summed E-state index contributed by atoms with van der Waals surface area (Å²) in [6.07, 6.45) is 1.18. The van der Waals surface area contributed by atoms with Gasteiger partial charge in [-0.05, 0) is 37.5 Å². The standard InChI is InChI=1S/C13H21NO4S/c1-2-18-11-3-9-14-19(16,17)13-6-4-12(5-7-13)8-10-15/h4-7,14-15H,2-3,8-11H2,1H3. The van der Waals surface area contributed by atoms with E-state index in [-0.39, 0.29) is 11.5 Å². The summed E-state index contributed by atoms with van der Waals surface area (Å²) in [5.41, 5.74) is 0.915. The highest BCUT2D eigenvalue weighted by Gasteiger charge is 2.12. The number of hydrogen-bond acceptors (Lipinski definition) is 4. The summed E-state index contributed by atoms with van der Waals surface area (Å²) in [4.78, 5) is 0.241. The van der Waals surface area contributed by atoms with Crippen molar-refractivity contribution in [3.63, 3.8) is 0 Å². The first kappa shape index (κ1) is 16.1. The summed E-state index contributed by atoms with van der Waals surface area (Å²) in [6.45, 7) is 3.51. The number of nitrogens with one attached hydrogen (secondary N) is 1. The van der Waals surface area contributed by atoms with E-state index >= 15 is 0 Å². The molecule has 0 aliphatic rings. The van der Waals surface area contributed by atoms with E-state index in [0.717, 1.165) is 5.56 Å². The molecule has 1 rings (SSSR count). The molecule has 0 atom stereocenters. The van der Waals surface area contributed by atoms with E-state index in [4.69, 9.17) is 9.84 Å². The Labute approximate surface area is 114 Å². The first-order chi connectivity index (χ1) is 9.10. The van der Waals surface area contributed by atoms with E-state index in [1.54, 1.807) is 24.3 Å². The van der Waals surface area contributed by atoms with Crippen molar-refractivity contribution in [2.24, 2.45) is 0 Å². The summed E-state index contributed by atoms with van der Waals surface area (Å²) in [5, 5.41) is 8.79. The minimum Gasteiger partial charge on any atom is -0.396 e. The van der Waals surface area contributed by atoms with Gasteiger partial charge in [-0.3, -0.25) is 0 Å². The molecule has 1 aromatic carbocycles. The lowest BCUT2D eigenvalue weighted by molar-refractivity contribution is 0.146. The predicted molar refractivity (Wildman–Crippen MR) is 73.5 cm³/mol. The molecule has 0 saturated carbocycles. The molecule has 19 heavy (non-hydrogen) atoms. The fourth-order valence-electron chi connectivity index (χ4n) is 1.57. The van der Waals surface area contributed by atoms with Crippen molar-refractivity contribution < 1.29 is 18.3 Å². The summed E-state index contributed by atoms with van der Waals surface area (Å²) < 4.78 is 31.5. The molecule has 0 fully saturated rings. The smallest absolute Gasteiger partial charge is 0.240 e. The van der Waals surface area contributed by atoms with E-state index in [0.29, 0.717) is 32.6 Å². The van der Waals surface area contributed by atoms with E-state index in [1.807, 2.05) is 6.92 Å². The molecule has 5 nitrogen and oxygen atoms in total. The fraction of sp³-hybridized carbons (Fsp3) is 0.538. The highest BCUT2D eigenvalue weighted by molar-refractivity contribution is 7.89. The quantitative estimate of drug-likeness (QED) is 0.662. The molecule has 0 spiro atoms. The molecule has 2 N–H and O–H groups in total. The highest BCUT2D eigenvalue weighted by atomic mass is 32.2. The average molecular weight is 287 g/mol. The molecule has 108 valence electrons. The summed E-state index contributed by atoms with van der Waals surface area (Å²) >= 11 is 0. The Kier molecular flexibility index (Phi) is 7.01. The van der Waals surface area contributed by atoms with Crippen LogP contribution in [0.3, 0.4) is 0 Å². The van der Waals surface area contributed by atoms with Gasteiger partial charge in [0.2, 0.25) is 10.0 Å². The third-order valence-electron chi connectivity index (χ3n) is 2.60. The van der Waals surface area contributed by atoms with Crippen LogP contribution in [-0.2, 0) is 21.2 Å². The topological polar surface area (TPSA) is 75.6 Å². The van der Waals surface area contributed by atoms with Crippen LogP contribution in [0.25, 0.3) is 0 Å². The van der Waals surface area contributed by atoms with Crippen LogP contribution in [0.5, 0.6) is 0 Å². The lowest BCUT2D eigenvalue weighted by Crippen LogP contribution is -2.25. The molecule has 0 aliphatic carbocycles. The van der Waals surface area contributed by atoms with Crippen molar-refractivity contribution in [2.75, 3.05) is 26.4 Å². The number of aliphatic hydroxyl groups excluding tert-OH is 1. The maximum Gasteiger partial charge on any atom is 0.240 e. The van der Waals surface area contributed by atoms with Crippen LogP contribution in [0.15, 0.2) is 29.2 Å². The summed E-state index contributed by atoms with van der Waals surface area (Å²) in [5.74, 6) is 0. The average Bonchev–Trinajstić information content (AvgIpc) is 2.39. The first-order valence-corrected chi connectivity index (χ1v) is 7.85. The number of ether oxygens (including phenoxy) is 1. The minimum atomic E-state index is -3.45. The molecule has 0 amide bonds. The molecule has 0 heterocycles. The number of hydrogen-bond donors (Lipinski definition) is 2. The van der Waals surface area contributed by atoms with Crippen molar-refractivity contribution in [1.29, 1.82) is 0 Å². The Hall–Kier alpha value is -0.950. The van der Waals surface area contributed by atoms with Crippen molar-refractivity contribution in [3.8, 4) is 0 Å². The van der Waals surface area contributed by atoms with Crippen molar-refractivity contribution in [3.05, 3.63) is 29.8 Å². The summed E-state index contributed by atoms with van der Waals surface area (Å²) in [6, 6.07) is 6.53. The third kappa shape index (κ3) is 5.69. The fourth-order valence-corrected chi connectivity index (χ4v) is 2.65. The van der Waals surface area contributed by atoms with Gasteiger partial charge in [0.15, 0.2) is 0 Å². The zero-order valence-electron chi connectivity index (χ0n) is 11.1. The van der Waals surface area contributed by atoms with Gasteiger partial charge in [0, 0.05) is 26.4 Å². The van der Waals surface area contributed by atoms with Crippen molar-refractivity contribution >= 4 is 10.0 Å². The third-order valence-corrected chi connectivity index (χ3v) is 4.07. The van der Waals surface area contributed by atoms with Crippen LogP contribution in [0.4, 0.5) is 0 Å². The number of aliphatic hydroxyl groups is 1.